The van der Waals surface area contributed by atoms with Crippen LogP contribution in [0.4, 0.5) is 4.79 Å². The van der Waals surface area contributed by atoms with Gasteiger partial charge in [0.2, 0.25) is 0 Å². The highest BCUT2D eigenvalue weighted by molar-refractivity contribution is 5.80. The zero-order chi connectivity index (χ0) is 11.3. The number of rotatable bonds is 5. The SMILES string of the molecule is C=CCOC(=O)N[C@H](C(=O)O)C1CCC1. The van der Waals surface area contributed by atoms with Gasteiger partial charge in [-0.25, -0.2) is 9.59 Å². The van der Waals surface area contributed by atoms with E-state index < -0.39 is 18.1 Å². The molecule has 0 bridgehead atoms. The third-order valence-electron chi connectivity index (χ3n) is 2.49. The first kappa shape index (κ1) is 11.6. The quantitative estimate of drug-likeness (QED) is 0.672. The Balaban J connectivity index is 2.39. The second kappa shape index (κ2) is 5.38. The summed E-state index contributed by atoms with van der Waals surface area (Å²) in [5, 5.41) is 11.2. The number of nitrogens with one attached hydrogen (secondary N) is 1. The maximum Gasteiger partial charge on any atom is 0.408 e. The minimum absolute atomic E-state index is 0.0405. The molecular formula is C10H15NO4. The summed E-state index contributed by atoms with van der Waals surface area (Å²) < 4.78 is 4.66. The molecule has 1 saturated carbocycles. The van der Waals surface area contributed by atoms with E-state index in [4.69, 9.17) is 5.11 Å². The maximum absolute atomic E-state index is 11.1. The van der Waals surface area contributed by atoms with Crippen molar-refractivity contribution in [2.75, 3.05) is 6.61 Å². The van der Waals surface area contributed by atoms with Gasteiger partial charge in [0.25, 0.3) is 0 Å². The summed E-state index contributed by atoms with van der Waals surface area (Å²) in [6.45, 7) is 3.47. The van der Waals surface area contributed by atoms with E-state index in [9.17, 15) is 9.59 Å². The first-order valence-corrected chi connectivity index (χ1v) is 4.92. The number of carbonyl (C=O) groups is 2. The summed E-state index contributed by atoms with van der Waals surface area (Å²) in [4.78, 5) is 22.0. The van der Waals surface area contributed by atoms with Gasteiger partial charge in [0.15, 0.2) is 0 Å². The number of ether oxygens (including phenoxy) is 1. The van der Waals surface area contributed by atoms with E-state index >= 15 is 0 Å². The smallest absolute Gasteiger partial charge is 0.408 e. The first-order valence-electron chi connectivity index (χ1n) is 4.92. The number of alkyl carbamates (subject to hydrolysis) is 1. The summed E-state index contributed by atoms with van der Waals surface area (Å²) in [6.07, 6.45) is 3.45. The molecule has 5 nitrogen and oxygen atoms in total. The lowest BCUT2D eigenvalue weighted by atomic mass is 9.80. The van der Waals surface area contributed by atoms with Crippen LogP contribution in [0, 0.1) is 5.92 Å². The second-order valence-electron chi connectivity index (χ2n) is 3.54. The van der Waals surface area contributed by atoms with E-state index in [1.165, 1.54) is 6.08 Å². The van der Waals surface area contributed by atoms with Gasteiger partial charge in [-0.2, -0.15) is 0 Å². The summed E-state index contributed by atoms with van der Waals surface area (Å²) in [7, 11) is 0. The van der Waals surface area contributed by atoms with Crippen LogP contribution < -0.4 is 5.32 Å². The Morgan fingerprint density at radius 3 is 2.67 bits per heavy atom. The zero-order valence-corrected chi connectivity index (χ0v) is 8.44. The van der Waals surface area contributed by atoms with E-state index in [0.717, 1.165) is 19.3 Å². The molecule has 0 saturated heterocycles. The van der Waals surface area contributed by atoms with E-state index in [-0.39, 0.29) is 12.5 Å². The van der Waals surface area contributed by atoms with Crippen LogP contribution in [-0.2, 0) is 9.53 Å². The largest absolute Gasteiger partial charge is 0.480 e. The van der Waals surface area contributed by atoms with Crippen molar-refractivity contribution in [3.63, 3.8) is 0 Å². The Bertz CT molecular complexity index is 260. The molecule has 84 valence electrons. The van der Waals surface area contributed by atoms with E-state index in [2.05, 4.69) is 16.6 Å². The highest BCUT2D eigenvalue weighted by Crippen LogP contribution is 2.29. The predicted molar refractivity (Wildman–Crippen MR) is 53.4 cm³/mol. The van der Waals surface area contributed by atoms with E-state index in [0.29, 0.717) is 0 Å². The summed E-state index contributed by atoms with van der Waals surface area (Å²) in [6, 6.07) is -0.823. The third kappa shape index (κ3) is 3.27. The van der Waals surface area contributed by atoms with Crippen LogP contribution in [0.3, 0.4) is 0 Å². The number of hydrogen-bond acceptors (Lipinski definition) is 3. The minimum atomic E-state index is -1.00. The average molecular weight is 213 g/mol. The van der Waals surface area contributed by atoms with Crippen LogP contribution >= 0.6 is 0 Å². The Morgan fingerprint density at radius 1 is 1.60 bits per heavy atom. The molecular weight excluding hydrogens is 198 g/mol. The second-order valence-corrected chi connectivity index (χ2v) is 3.54. The van der Waals surface area contributed by atoms with Crippen molar-refractivity contribution >= 4 is 12.1 Å². The fraction of sp³-hybridized carbons (Fsp3) is 0.600. The van der Waals surface area contributed by atoms with Gasteiger partial charge in [0.1, 0.15) is 12.6 Å². The van der Waals surface area contributed by atoms with Crippen molar-refractivity contribution in [1.82, 2.24) is 5.32 Å². The normalized spacial score (nSPS) is 17.3. The molecule has 1 fully saturated rings. The molecule has 0 heterocycles. The van der Waals surface area contributed by atoms with E-state index in [1.807, 2.05) is 0 Å². The van der Waals surface area contributed by atoms with Crippen molar-refractivity contribution in [2.45, 2.75) is 25.3 Å². The Hall–Kier alpha value is -1.52. The number of carboxylic acids is 1. The van der Waals surface area contributed by atoms with Gasteiger partial charge in [-0.05, 0) is 18.8 Å². The lowest BCUT2D eigenvalue weighted by Crippen LogP contribution is -2.48. The molecule has 0 aromatic carbocycles. The van der Waals surface area contributed by atoms with Gasteiger partial charge in [-0.15, -0.1) is 0 Å². The molecule has 1 atom stereocenters. The highest BCUT2D eigenvalue weighted by Gasteiger charge is 2.33. The molecule has 1 amide bonds. The monoisotopic (exact) mass is 213 g/mol. The number of carboxylic acid groups (broad SMARTS) is 1. The molecule has 0 aromatic heterocycles. The number of carbonyl (C=O) groups excluding carboxylic acids is 1. The first-order chi connectivity index (χ1) is 7.15. The van der Waals surface area contributed by atoms with E-state index in [1.54, 1.807) is 0 Å². The van der Waals surface area contributed by atoms with Gasteiger partial charge in [0, 0.05) is 0 Å². The Labute approximate surface area is 88.1 Å². The standard InChI is InChI=1S/C10H15NO4/c1-2-6-15-10(14)11-8(9(12)13)7-4-3-5-7/h2,7-8H,1,3-6H2,(H,11,14)(H,12,13)/t8-/m0/s1. The minimum Gasteiger partial charge on any atom is -0.480 e. The van der Waals surface area contributed by atoms with Crippen LogP contribution in [0.15, 0.2) is 12.7 Å². The Morgan fingerprint density at radius 2 is 2.27 bits per heavy atom. The van der Waals surface area contributed by atoms with Gasteiger partial charge in [0.05, 0.1) is 0 Å². The average Bonchev–Trinajstić information content (AvgIpc) is 2.10. The van der Waals surface area contributed by atoms with Crippen molar-refractivity contribution < 1.29 is 19.4 Å². The number of amides is 1. The zero-order valence-electron chi connectivity index (χ0n) is 8.44. The van der Waals surface area contributed by atoms with Crippen LogP contribution in [0.5, 0.6) is 0 Å². The molecule has 1 aliphatic carbocycles. The molecule has 0 aromatic rings. The highest BCUT2D eigenvalue weighted by atomic mass is 16.5. The maximum atomic E-state index is 11.1. The molecule has 15 heavy (non-hydrogen) atoms. The molecule has 0 aliphatic heterocycles. The van der Waals surface area contributed by atoms with Gasteiger partial charge >= 0.3 is 12.1 Å². The number of aliphatic carboxylic acids is 1. The molecule has 0 unspecified atom stereocenters. The fourth-order valence-corrected chi connectivity index (χ4v) is 1.46. The molecule has 2 N–H and O–H groups in total. The molecule has 0 spiro atoms. The molecule has 1 rings (SSSR count). The fourth-order valence-electron chi connectivity index (χ4n) is 1.46. The van der Waals surface area contributed by atoms with Crippen molar-refractivity contribution in [3.05, 3.63) is 12.7 Å². The molecule has 1 aliphatic rings. The van der Waals surface area contributed by atoms with Crippen LogP contribution in [0.2, 0.25) is 0 Å². The number of hydrogen-bond donors (Lipinski definition) is 2. The van der Waals surface area contributed by atoms with Crippen molar-refractivity contribution in [3.8, 4) is 0 Å². The summed E-state index contributed by atoms with van der Waals surface area (Å²) in [5.41, 5.74) is 0. The van der Waals surface area contributed by atoms with Crippen LogP contribution in [0.25, 0.3) is 0 Å². The van der Waals surface area contributed by atoms with Gasteiger partial charge in [-0.1, -0.05) is 19.1 Å². The van der Waals surface area contributed by atoms with Crippen LogP contribution in [-0.4, -0.2) is 29.8 Å². The summed E-state index contributed by atoms with van der Waals surface area (Å²) >= 11 is 0. The van der Waals surface area contributed by atoms with Crippen molar-refractivity contribution in [1.29, 1.82) is 0 Å². The van der Waals surface area contributed by atoms with Gasteiger partial charge < -0.3 is 15.2 Å². The molecule has 0 radical (unpaired) electrons. The lowest BCUT2D eigenvalue weighted by molar-refractivity contribution is -0.141. The molecule has 5 heteroatoms. The summed E-state index contributed by atoms with van der Waals surface area (Å²) in [5.74, 6) is -0.964. The predicted octanol–water partition coefficient (Wildman–Crippen LogP) is 1.15. The third-order valence-corrected chi connectivity index (χ3v) is 2.49. The Kier molecular flexibility index (Phi) is 4.15. The van der Waals surface area contributed by atoms with Gasteiger partial charge in [-0.3, -0.25) is 0 Å². The lowest BCUT2D eigenvalue weighted by Gasteiger charge is -2.31. The van der Waals surface area contributed by atoms with Crippen molar-refractivity contribution in [2.24, 2.45) is 5.92 Å². The topological polar surface area (TPSA) is 75.6 Å². The van der Waals surface area contributed by atoms with Crippen LogP contribution in [0.1, 0.15) is 19.3 Å².